The Kier molecular flexibility index (Phi) is 43.9. The standard InChI is InChI=1S/C50H92O6/c1-4-7-10-13-16-19-22-24-26-28-31-34-37-40-43-49(52)55-46-47(45-54-48(51)42-39-36-33-30-27-21-18-15-12-9-6-3)56-50(53)44-41-38-35-32-29-25-23-20-17-14-11-8-5-2/h15,18,25,29,47H,4-14,16-17,19-24,26-28,30-46H2,1-3H3/b18-15-,29-25-. The van der Waals surface area contributed by atoms with E-state index in [-0.39, 0.29) is 31.1 Å². The van der Waals surface area contributed by atoms with Gasteiger partial charge in [-0.1, -0.05) is 199 Å². The summed E-state index contributed by atoms with van der Waals surface area (Å²) in [6, 6.07) is 0. The zero-order chi connectivity index (χ0) is 40.8. The van der Waals surface area contributed by atoms with Crippen molar-refractivity contribution in [1.29, 1.82) is 0 Å². The van der Waals surface area contributed by atoms with Crippen molar-refractivity contribution in [1.82, 2.24) is 0 Å². The molecule has 0 N–H and O–H groups in total. The van der Waals surface area contributed by atoms with Gasteiger partial charge in [0.2, 0.25) is 0 Å². The van der Waals surface area contributed by atoms with Gasteiger partial charge in [-0.3, -0.25) is 14.4 Å². The van der Waals surface area contributed by atoms with E-state index in [1.165, 1.54) is 141 Å². The van der Waals surface area contributed by atoms with Crippen LogP contribution in [0.4, 0.5) is 0 Å². The van der Waals surface area contributed by atoms with Crippen molar-refractivity contribution < 1.29 is 28.6 Å². The molecule has 0 fully saturated rings. The monoisotopic (exact) mass is 789 g/mol. The summed E-state index contributed by atoms with van der Waals surface area (Å²) >= 11 is 0. The molecule has 0 aromatic rings. The number of carbonyl (C=O) groups is 3. The number of allylic oxidation sites excluding steroid dienone is 4. The largest absolute Gasteiger partial charge is 0.462 e. The molecule has 0 bridgehead atoms. The maximum atomic E-state index is 12.7. The molecular weight excluding hydrogens is 697 g/mol. The van der Waals surface area contributed by atoms with Gasteiger partial charge >= 0.3 is 17.9 Å². The number of carbonyl (C=O) groups excluding carboxylic acids is 3. The third-order valence-corrected chi connectivity index (χ3v) is 10.7. The van der Waals surface area contributed by atoms with E-state index in [2.05, 4.69) is 45.1 Å². The second kappa shape index (κ2) is 45.6. The average Bonchev–Trinajstić information content (AvgIpc) is 3.19. The number of hydrogen-bond acceptors (Lipinski definition) is 6. The Balaban J connectivity index is 4.37. The third-order valence-electron chi connectivity index (χ3n) is 10.7. The van der Waals surface area contributed by atoms with E-state index >= 15 is 0 Å². The lowest BCUT2D eigenvalue weighted by Crippen LogP contribution is -2.30. The molecule has 0 rings (SSSR count). The first-order chi connectivity index (χ1) is 27.5. The lowest BCUT2D eigenvalue weighted by Gasteiger charge is -2.18. The van der Waals surface area contributed by atoms with E-state index in [1.807, 2.05) is 0 Å². The van der Waals surface area contributed by atoms with Crippen molar-refractivity contribution in [3.8, 4) is 0 Å². The molecule has 0 heterocycles. The van der Waals surface area contributed by atoms with Crippen LogP contribution in [0.15, 0.2) is 24.3 Å². The summed E-state index contributed by atoms with van der Waals surface area (Å²) in [5.74, 6) is -0.895. The maximum absolute atomic E-state index is 12.7. The third kappa shape index (κ3) is 43.0. The summed E-state index contributed by atoms with van der Waals surface area (Å²) < 4.78 is 16.7. The fraction of sp³-hybridized carbons (Fsp3) is 0.860. The first kappa shape index (κ1) is 53.9. The van der Waals surface area contributed by atoms with Gasteiger partial charge in [0, 0.05) is 19.3 Å². The fourth-order valence-corrected chi connectivity index (χ4v) is 6.95. The zero-order valence-corrected chi connectivity index (χ0v) is 37.4. The van der Waals surface area contributed by atoms with Crippen LogP contribution in [0.3, 0.4) is 0 Å². The molecule has 0 radical (unpaired) electrons. The Morgan fingerprint density at radius 2 is 0.607 bits per heavy atom. The van der Waals surface area contributed by atoms with Crippen molar-refractivity contribution in [2.45, 2.75) is 264 Å². The molecule has 0 aliphatic rings. The number of ether oxygens (including phenoxy) is 3. The molecule has 56 heavy (non-hydrogen) atoms. The predicted octanol–water partition coefficient (Wildman–Crippen LogP) is 15.6. The van der Waals surface area contributed by atoms with Crippen LogP contribution in [0.25, 0.3) is 0 Å². The molecule has 0 spiro atoms. The SMILES string of the molecule is CCCC/C=C\CCCCCCCC(=O)OCC(COC(=O)CCCCCCCCCCCCCCCC)OC(=O)CCCCC/C=C\CCCCCCCC. The second-order valence-electron chi connectivity index (χ2n) is 16.4. The van der Waals surface area contributed by atoms with Crippen LogP contribution in [0.2, 0.25) is 0 Å². The second-order valence-corrected chi connectivity index (χ2v) is 16.4. The fourth-order valence-electron chi connectivity index (χ4n) is 6.95. The Labute approximate surface area is 347 Å². The summed E-state index contributed by atoms with van der Waals surface area (Å²) in [6.07, 6.45) is 50.1. The van der Waals surface area contributed by atoms with Crippen molar-refractivity contribution in [2.24, 2.45) is 0 Å². The molecule has 1 atom stereocenters. The van der Waals surface area contributed by atoms with Crippen LogP contribution in [0.1, 0.15) is 258 Å². The molecule has 0 aliphatic carbocycles. The van der Waals surface area contributed by atoms with Gasteiger partial charge in [-0.2, -0.15) is 0 Å². The summed E-state index contributed by atoms with van der Waals surface area (Å²) in [7, 11) is 0. The summed E-state index contributed by atoms with van der Waals surface area (Å²) in [5, 5.41) is 0. The van der Waals surface area contributed by atoms with E-state index in [9.17, 15) is 14.4 Å². The van der Waals surface area contributed by atoms with Crippen LogP contribution in [0, 0.1) is 0 Å². The molecule has 0 aromatic heterocycles. The van der Waals surface area contributed by atoms with Crippen molar-refractivity contribution in [3.05, 3.63) is 24.3 Å². The lowest BCUT2D eigenvalue weighted by atomic mass is 10.0. The van der Waals surface area contributed by atoms with E-state index in [0.717, 1.165) is 77.0 Å². The van der Waals surface area contributed by atoms with Gasteiger partial charge < -0.3 is 14.2 Å². The van der Waals surface area contributed by atoms with Gasteiger partial charge in [0.25, 0.3) is 0 Å². The van der Waals surface area contributed by atoms with Crippen LogP contribution in [-0.4, -0.2) is 37.2 Å². The Morgan fingerprint density at radius 3 is 0.964 bits per heavy atom. The smallest absolute Gasteiger partial charge is 0.306 e. The molecule has 1 unspecified atom stereocenters. The normalized spacial score (nSPS) is 12.1. The van der Waals surface area contributed by atoms with E-state index < -0.39 is 6.10 Å². The van der Waals surface area contributed by atoms with Crippen molar-refractivity contribution in [2.75, 3.05) is 13.2 Å². The summed E-state index contributed by atoms with van der Waals surface area (Å²) in [5.41, 5.74) is 0. The average molecular weight is 789 g/mol. The van der Waals surface area contributed by atoms with Crippen LogP contribution < -0.4 is 0 Å². The van der Waals surface area contributed by atoms with Crippen LogP contribution >= 0.6 is 0 Å². The highest BCUT2D eigenvalue weighted by Gasteiger charge is 2.19. The van der Waals surface area contributed by atoms with Gasteiger partial charge in [0.15, 0.2) is 6.10 Å². The van der Waals surface area contributed by atoms with E-state index in [1.54, 1.807) is 0 Å². The minimum atomic E-state index is -0.776. The minimum Gasteiger partial charge on any atom is -0.462 e. The summed E-state index contributed by atoms with van der Waals surface area (Å²) in [6.45, 7) is 6.58. The Hall–Kier alpha value is -2.11. The molecule has 0 saturated carbocycles. The Morgan fingerprint density at radius 1 is 0.339 bits per heavy atom. The van der Waals surface area contributed by atoms with Crippen LogP contribution in [0.5, 0.6) is 0 Å². The van der Waals surface area contributed by atoms with Crippen molar-refractivity contribution in [3.63, 3.8) is 0 Å². The highest BCUT2D eigenvalue weighted by molar-refractivity contribution is 5.71. The van der Waals surface area contributed by atoms with E-state index in [0.29, 0.717) is 19.3 Å². The highest BCUT2D eigenvalue weighted by atomic mass is 16.6. The number of hydrogen-bond donors (Lipinski definition) is 0. The number of rotatable bonds is 44. The van der Waals surface area contributed by atoms with Gasteiger partial charge in [-0.05, 0) is 64.2 Å². The maximum Gasteiger partial charge on any atom is 0.306 e. The molecule has 6 heteroatoms. The molecule has 0 aromatic carbocycles. The highest BCUT2D eigenvalue weighted by Crippen LogP contribution is 2.15. The zero-order valence-electron chi connectivity index (χ0n) is 37.4. The molecule has 328 valence electrons. The molecule has 0 amide bonds. The molecule has 0 saturated heterocycles. The summed E-state index contributed by atoms with van der Waals surface area (Å²) in [4.78, 5) is 37.8. The topological polar surface area (TPSA) is 78.9 Å². The van der Waals surface area contributed by atoms with Gasteiger partial charge in [0.05, 0.1) is 0 Å². The van der Waals surface area contributed by atoms with Gasteiger partial charge in [-0.15, -0.1) is 0 Å². The quantitative estimate of drug-likeness (QED) is 0.0265. The van der Waals surface area contributed by atoms with E-state index in [4.69, 9.17) is 14.2 Å². The molecule has 0 aliphatic heterocycles. The molecular formula is C50H92O6. The minimum absolute atomic E-state index is 0.0766. The Bertz CT molecular complexity index is 911. The first-order valence-electron chi connectivity index (χ1n) is 24.3. The number of esters is 3. The lowest BCUT2D eigenvalue weighted by molar-refractivity contribution is -0.167. The van der Waals surface area contributed by atoms with Gasteiger partial charge in [-0.25, -0.2) is 0 Å². The first-order valence-corrected chi connectivity index (χ1v) is 24.3. The number of unbranched alkanes of at least 4 members (excludes halogenated alkanes) is 29. The molecule has 6 nitrogen and oxygen atoms in total. The predicted molar refractivity (Wildman–Crippen MR) is 238 cm³/mol. The van der Waals surface area contributed by atoms with Gasteiger partial charge in [0.1, 0.15) is 13.2 Å². The van der Waals surface area contributed by atoms with Crippen molar-refractivity contribution >= 4 is 17.9 Å². The van der Waals surface area contributed by atoms with Crippen LogP contribution in [-0.2, 0) is 28.6 Å².